The predicted octanol–water partition coefficient (Wildman–Crippen LogP) is 4.08. The largest absolute Gasteiger partial charge is 0.389 e. The molecule has 1 N–H and O–H groups in total. The van der Waals surface area contributed by atoms with E-state index in [9.17, 15) is 5.11 Å². The van der Waals surface area contributed by atoms with Crippen LogP contribution in [-0.2, 0) is 0 Å². The molecule has 1 nitrogen and oxygen atoms in total. The van der Waals surface area contributed by atoms with Crippen LogP contribution >= 0.6 is 34.8 Å². The third-order valence-electron chi connectivity index (χ3n) is 1.96. The summed E-state index contributed by atoms with van der Waals surface area (Å²) in [6.07, 6.45) is 5.42. The molecule has 4 heteroatoms. The van der Waals surface area contributed by atoms with Crippen LogP contribution in [-0.4, -0.2) is 15.0 Å². The number of hydrogen-bond donors (Lipinski definition) is 1. The van der Waals surface area contributed by atoms with Crippen molar-refractivity contribution < 1.29 is 5.11 Å². The van der Waals surface area contributed by atoms with Crippen molar-refractivity contribution in [3.63, 3.8) is 0 Å². The van der Waals surface area contributed by atoms with Crippen molar-refractivity contribution >= 4 is 34.8 Å². The summed E-state index contributed by atoms with van der Waals surface area (Å²) in [7, 11) is 0. The maximum Gasteiger partial charge on any atom is 0.216 e. The maximum absolute atomic E-state index is 9.35. The molecule has 80 valence electrons. The van der Waals surface area contributed by atoms with Gasteiger partial charge in [0.2, 0.25) is 3.79 Å². The number of rotatable bonds is 6. The molecule has 1 atom stereocenters. The van der Waals surface area contributed by atoms with Crippen molar-refractivity contribution in [2.45, 2.75) is 55.3 Å². The Kier molecular flexibility index (Phi) is 7.62. The summed E-state index contributed by atoms with van der Waals surface area (Å²) >= 11 is 16.5. The highest BCUT2D eigenvalue weighted by Gasteiger charge is 2.29. The van der Waals surface area contributed by atoms with Gasteiger partial charge >= 0.3 is 0 Å². The van der Waals surface area contributed by atoms with Crippen molar-refractivity contribution in [3.05, 3.63) is 0 Å². The van der Waals surface area contributed by atoms with Crippen molar-refractivity contribution in [2.75, 3.05) is 0 Å². The third-order valence-corrected chi connectivity index (χ3v) is 2.71. The van der Waals surface area contributed by atoms with Crippen LogP contribution in [0.1, 0.15) is 45.4 Å². The average molecular weight is 248 g/mol. The van der Waals surface area contributed by atoms with E-state index in [0.29, 0.717) is 6.42 Å². The average Bonchev–Trinajstić information content (AvgIpc) is 2.02. The number of hydrogen-bond acceptors (Lipinski definition) is 1. The van der Waals surface area contributed by atoms with E-state index in [1.54, 1.807) is 0 Å². The van der Waals surface area contributed by atoms with Crippen molar-refractivity contribution in [3.8, 4) is 0 Å². The molecule has 0 fully saturated rings. The van der Waals surface area contributed by atoms with Gasteiger partial charge in [0.25, 0.3) is 0 Å². The predicted molar refractivity (Wildman–Crippen MR) is 59.7 cm³/mol. The normalized spacial score (nSPS) is 14.5. The van der Waals surface area contributed by atoms with Gasteiger partial charge in [0.15, 0.2) is 0 Å². The van der Waals surface area contributed by atoms with Crippen LogP contribution in [0, 0.1) is 0 Å². The first-order chi connectivity index (χ1) is 5.98. The summed E-state index contributed by atoms with van der Waals surface area (Å²) in [5, 5.41) is 9.35. The molecule has 0 aliphatic rings. The fraction of sp³-hybridized carbons (Fsp3) is 1.00. The molecule has 0 radical (unpaired) electrons. The lowest BCUT2D eigenvalue weighted by atomic mass is 10.1. The molecule has 0 aliphatic carbocycles. The molecule has 0 aromatic carbocycles. The van der Waals surface area contributed by atoms with E-state index in [2.05, 4.69) is 6.92 Å². The van der Waals surface area contributed by atoms with Crippen molar-refractivity contribution in [2.24, 2.45) is 0 Å². The third kappa shape index (κ3) is 7.87. The van der Waals surface area contributed by atoms with Gasteiger partial charge in [-0.2, -0.15) is 0 Å². The molecule has 0 spiro atoms. The Morgan fingerprint density at radius 2 is 1.62 bits per heavy atom. The zero-order valence-corrected chi connectivity index (χ0v) is 10.2. The van der Waals surface area contributed by atoms with Crippen LogP contribution in [0.15, 0.2) is 0 Å². The molecule has 0 aliphatic heterocycles. The molecule has 0 amide bonds. The van der Waals surface area contributed by atoms with Crippen LogP contribution in [0.2, 0.25) is 0 Å². The topological polar surface area (TPSA) is 20.2 Å². The number of aliphatic hydroxyl groups is 1. The van der Waals surface area contributed by atoms with Gasteiger partial charge in [0.1, 0.15) is 6.10 Å². The van der Waals surface area contributed by atoms with Gasteiger partial charge in [-0.25, -0.2) is 0 Å². The number of alkyl halides is 3. The summed E-state index contributed by atoms with van der Waals surface area (Å²) in [5.74, 6) is 0. The summed E-state index contributed by atoms with van der Waals surface area (Å²) in [4.78, 5) is 0. The highest BCUT2D eigenvalue weighted by Crippen LogP contribution is 2.32. The smallest absolute Gasteiger partial charge is 0.216 e. The van der Waals surface area contributed by atoms with Crippen molar-refractivity contribution in [1.29, 1.82) is 0 Å². The first kappa shape index (κ1) is 13.8. The molecule has 0 saturated carbocycles. The Labute approximate surface area is 95.4 Å². The number of unbranched alkanes of at least 4 members (excludes halogenated alkanes) is 4. The van der Waals surface area contributed by atoms with E-state index < -0.39 is 9.90 Å². The number of aliphatic hydroxyl groups excluding tert-OH is 1. The van der Waals surface area contributed by atoms with Crippen molar-refractivity contribution in [1.82, 2.24) is 0 Å². The Hall–Kier alpha value is 0.830. The van der Waals surface area contributed by atoms with Gasteiger partial charge in [-0.05, 0) is 6.42 Å². The molecule has 0 saturated heterocycles. The van der Waals surface area contributed by atoms with Gasteiger partial charge in [0, 0.05) is 0 Å². The molecule has 0 aromatic heterocycles. The minimum atomic E-state index is -1.52. The Bertz CT molecular complexity index is 123. The molecular weight excluding hydrogens is 230 g/mol. The van der Waals surface area contributed by atoms with E-state index in [1.807, 2.05) is 0 Å². The van der Waals surface area contributed by atoms with Crippen LogP contribution in [0.25, 0.3) is 0 Å². The minimum Gasteiger partial charge on any atom is -0.389 e. The van der Waals surface area contributed by atoms with Crippen LogP contribution in [0.3, 0.4) is 0 Å². The zero-order chi connectivity index (χ0) is 10.3. The quantitative estimate of drug-likeness (QED) is 0.554. The molecule has 0 bridgehead atoms. The van der Waals surface area contributed by atoms with Gasteiger partial charge in [-0.1, -0.05) is 73.8 Å². The summed E-state index contributed by atoms with van der Waals surface area (Å²) < 4.78 is -1.52. The number of halogens is 3. The zero-order valence-electron chi connectivity index (χ0n) is 7.90. The maximum atomic E-state index is 9.35. The SMILES string of the molecule is CCCCCCCC(O)C(Cl)(Cl)Cl. The summed E-state index contributed by atoms with van der Waals surface area (Å²) in [6.45, 7) is 2.16. The second-order valence-corrected chi connectivity index (χ2v) is 5.63. The van der Waals surface area contributed by atoms with Crippen LogP contribution < -0.4 is 0 Å². The minimum absolute atomic E-state index is 0.570. The Balaban J connectivity index is 3.32. The second kappa shape index (κ2) is 7.17. The van der Waals surface area contributed by atoms with E-state index in [0.717, 1.165) is 12.8 Å². The van der Waals surface area contributed by atoms with E-state index >= 15 is 0 Å². The monoisotopic (exact) mass is 246 g/mol. The molecule has 0 rings (SSSR count). The first-order valence-electron chi connectivity index (χ1n) is 4.73. The van der Waals surface area contributed by atoms with Gasteiger partial charge in [0.05, 0.1) is 0 Å². The van der Waals surface area contributed by atoms with Gasteiger partial charge in [-0.3, -0.25) is 0 Å². The standard InChI is InChI=1S/C9H17Cl3O/c1-2-3-4-5-6-7-8(13)9(10,11)12/h8,13H,2-7H2,1H3. The Morgan fingerprint density at radius 1 is 1.08 bits per heavy atom. The highest BCUT2D eigenvalue weighted by atomic mass is 35.6. The van der Waals surface area contributed by atoms with Gasteiger partial charge in [-0.15, -0.1) is 0 Å². The van der Waals surface area contributed by atoms with E-state index in [-0.39, 0.29) is 0 Å². The fourth-order valence-corrected chi connectivity index (χ4v) is 1.43. The van der Waals surface area contributed by atoms with E-state index in [1.165, 1.54) is 19.3 Å². The second-order valence-electron chi connectivity index (χ2n) is 3.26. The lowest BCUT2D eigenvalue weighted by Crippen LogP contribution is -2.24. The molecule has 1 unspecified atom stereocenters. The van der Waals surface area contributed by atoms with Crippen LogP contribution in [0.5, 0.6) is 0 Å². The molecule has 0 heterocycles. The molecular formula is C9H17Cl3O. The summed E-state index contributed by atoms with van der Waals surface area (Å²) in [5.41, 5.74) is 0. The lowest BCUT2D eigenvalue weighted by molar-refractivity contribution is 0.164. The fourth-order valence-electron chi connectivity index (χ4n) is 1.10. The lowest BCUT2D eigenvalue weighted by Gasteiger charge is -2.18. The van der Waals surface area contributed by atoms with Gasteiger partial charge < -0.3 is 5.11 Å². The first-order valence-corrected chi connectivity index (χ1v) is 5.86. The highest BCUT2D eigenvalue weighted by molar-refractivity contribution is 6.68. The van der Waals surface area contributed by atoms with Crippen LogP contribution in [0.4, 0.5) is 0 Å². The molecule has 0 aromatic rings. The Morgan fingerprint density at radius 3 is 2.08 bits per heavy atom. The molecule has 13 heavy (non-hydrogen) atoms. The van der Waals surface area contributed by atoms with E-state index in [4.69, 9.17) is 34.8 Å². The summed E-state index contributed by atoms with van der Waals surface area (Å²) in [6, 6.07) is 0.